The maximum atomic E-state index is 12.3. The second-order valence-electron chi connectivity index (χ2n) is 6.24. The summed E-state index contributed by atoms with van der Waals surface area (Å²) in [5.41, 5.74) is 5.70. The molecule has 4 atom stereocenters. The Morgan fingerprint density at radius 1 is 0.889 bits per heavy atom. The van der Waals surface area contributed by atoms with E-state index >= 15 is 0 Å². The van der Waals surface area contributed by atoms with E-state index in [1.165, 1.54) is 6.92 Å². The van der Waals surface area contributed by atoms with E-state index in [1.54, 1.807) is 13.8 Å². The molecule has 0 aromatic heterocycles. The molecule has 0 fully saturated rings. The van der Waals surface area contributed by atoms with Crippen LogP contribution in [0.4, 0.5) is 0 Å². The van der Waals surface area contributed by atoms with E-state index < -0.39 is 60.2 Å². The highest BCUT2D eigenvalue weighted by Gasteiger charge is 2.30. The Morgan fingerprint density at radius 3 is 1.78 bits per heavy atom. The van der Waals surface area contributed by atoms with E-state index in [1.807, 2.05) is 0 Å². The van der Waals surface area contributed by atoms with Crippen LogP contribution in [0.1, 0.15) is 27.2 Å². The second-order valence-corrected chi connectivity index (χ2v) is 6.61. The number of aliphatic carboxylic acids is 2. The third-order valence-corrected chi connectivity index (χ3v) is 3.94. The van der Waals surface area contributed by atoms with Crippen LogP contribution in [0.2, 0.25) is 0 Å². The van der Waals surface area contributed by atoms with Gasteiger partial charge in [-0.1, -0.05) is 13.8 Å². The van der Waals surface area contributed by atoms with Crippen LogP contribution in [0.15, 0.2) is 0 Å². The van der Waals surface area contributed by atoms with Gasteiger partial charge in [-0.05, 0) is 12.8 Å². The highest BCUT2D eigenvalue weighted by atomic mass is 32.1. The number of carbonyl (C=O) groups is 5. The molecule has 3 amide bonds. The summed E-state index contributed by atoms with van der Waals surface area (Å²) in [6.07, 6.45) is -0.775. The molecule has 0 aliphatic rings. The van der Waals surface area contributed by atoms with Gasteiger partial charge in [0.2, 0.25) is 17.7 Å². The van der Waals surface area contributed by atoms with Gasteiger partial charge in [-0.3, -0.25) is 24.0 Å². The van der Waals surface area contributed by atoms with Gasteiger partial charge in [0.25, 0.3) is 0 Å². The van der Waals surface area contributed by atoms with Crippen LogP contribution < -0.4 is 21.7 Å². The first-order valence-corrected chi connectivity index (χ1v) is 8.76. The van der Waals surface area contributed by atoms with Crippen molar-refractivity contribution in [3.05, 3.63) is 0 Å². The molecule has 27 heavy (non-hydrogen) atoms. The van der Waals surface area contributed by atoms with Crippen LogP contribution in [0.25, 0.3) is 0 Å². The van der Waals surface area contributed by atoms with Crippen LogP contribution >= 0.6 is 12.6 Å². The summed E-state index contributed by atoms with van der Waals surface area (Å²) >= 11 is 3.97. The zero-order valence-corrected chi connectivity index (χ0v) is 16.2. The zero-order chi connectivity index (χ0) is 21.3. The smallest absolute Gasteiger partial charge is 0.325 e. The molecule has 0 bridgehead atoms. The van der Waals surface area contributed by atoms with E-state index in [-0.39, 0.29) is 11.7 Å². The normalized spacial score (nSPS) is 15.2. The molecule has 0 aromatic carbocycles. The first kappa shape index (κ1) is 24.7. The predicted molar refractivity (Wildman–Crippen MR) is 98.0 cm³/mol. The van der Waals surface area contributed by atoms with E-state index in [0.717, 1.165) is 0 Å². The summed E-state index contributed by atoms with van der Waals surface area (Å²) in [5, 5.41) is 24.4. The molecular formula is C15H26N4O7S. The van der Waals surface area contributed by atoms with Crippen LogP contribution in [0, 0.1) is 5.92 Å². The maximum absolute atomic E-state index is 12.3. The van der Waals surface area contributed by atoms with Crippen LogP contribution in [-0.4, -0.2) is 69.8 Å². The van der Waals surface area contributed by atoms with Gasteiger partial charge in [0.05, 0.1) is 12.5 Å². The summed E-state index contributed by atoms with van der Waals surface area (Å²) in [5.74, 6) is -5.45. The number of carboxylic acid groups (broad SMARTS) is 2. The fourth-order valence-electron chi connectivity index (χ4n) is 1.80. The van der Waals surface area contributed by atoms with Crippen molar-refractivity contribution in [2.75, 3.05) is 5.75 Å². The Labute approximate surface area is 161 Å². The van der Waals surface area contributed by atoms with E-state index in [4.69, 9.17) is 15.9 Å². The van der Waals surface area contributed by atoms with Crippen LogP contribution in [0.3, 0.4) is 0 Å². The molecule has 7 N–H and O–H groups in total. The van der Waals surface area contributed by atoms with Crippen molar-refractivity contribution in [2.45, 2.75) is 51.4 Å². The van der Waals surface area contributed by atoms with Gasteiger partial charge in [0.15, 0.2) is 0 Å². The highest BCUT2D eigenvalue weighted by molar-refractivity contribution is 7.80. The highest BCUT2D eigenvalue weighted by Crippen LogP contribution is 2.01. The average molecular weight is 406 g/mol. The summed E-state index contributed by atoms with van der Waals surface area (Å²) in [4.78, 5) is 58.1. The van der Waals surface area contributed by atoms with Crippen LogP contribution in [-0.2, 0) is 24.0 Å². The van der Waals surface area contributed by atoms with Gasteiger partial charge in [-0.25, -0.2) is 0 Å². The number of amides is 3. The molecule has 0 spiro atoms. The quantitative estimate of drug-likeness (QED) is 0.191. The number of carboxylic acids is 2. The monoisotopic (exact) mass is 406 g/mol. The molecule has 0 aliphatic heterocycles. The molecule has 4 unspecified atom stereocenters. The summed E-state index contributed by atoms with van der Waals surface area (Å²) < 4.78 is 0. The van der Waals surface area contributed by atoms with Gasteiger partial charge in [-0.15, -0.1) is 0 Å². The standard InChI is InChI=1S/C15H26N4O7S/c1-6(2)11(16)14(24)19-9(5-27)13(23)18-8(4-10(20)21)12(22)17-7(3)15(25)26/h6-9,11,27H,4-5,16H2,1-3H3,(H,17,22)(H,18,23)(H,19,24)(H,20,21)(H,25,26). The number of hydrogen-bond acceptors (Lipinski definition) is 7. The number of carbonyl (C=O) groups excluding carboxylic acids is 3. The number of hydrogen-bond donors (Lipinski definition) is 7. The second kappa shape index (κ2) is 11.4. The Morgan fingerprint density at radius 2 is 1.37 bits per heavy atom. The Kier molecular flexibility index (Phi) is 10.4. The zero-order valence-electron chi connectivity index (χ0n) is 15.3. The molecule has 12 heteroatoms. The van der Waals surface area contributed by atoms with E-state index in [2.05, 4.69) is 28.6 Å². The molecule has 0 heterocycles. The van der Waals surface area contributed by atoms with Crippen molar-refractivity contribution in [1.29, 1.82) is 0 Å². The molecule has 11 nitrogen and oxygen atoms in total. The lowest BCUT2D eigenvalue weighted by Crippen LogP contribution is -2.58. The third kappa shape index (κ3) is 8.73. The topological polar surface area (TPSA) is 188 Å². The minimum Gasteiger partial charge on any atom is -0.481 e. The molecule has 0 rings (SSSR count). The first-order chi connectivity index (χ1) is 12.4. The number of rotatable bonds is 11. The Balaban J connectivity index is 5.13. The van der Waals surface area contributed by atoms with E-state index in [0.29, 0.717) is 0 Å². The van der Waals surface area contributed by atoms with Crippen molar-refractivity contribution in [1.82, 2.24) is 16.0 Å². The van der Waals surface area contributed by atoms with Crippen molar-refractivity contribution in [3.8, 4) is 0 Å². The molecule has 0 aliphatic carbocycles. The SMILES string of the molecule is CC(NC(=O)C(CC(=O)O)NC(=O)C(CS)NC(=O)C(N)C(C)C)C(=O)O. The van der Waals surface area contributed by atoms with Crippen molar-refractivity contribution < 1.29 is 34.2 Å². The summed E-state index contributed by atoms with van der Waals surface area (Å²) in [6.45, 7) is 4.62. The minimum absolute atomic E-state index is 0.130. The number of nitrogens with one attached hydrogen (secondary N) is 3. The van der Waals surface area contributed by atoms with Gasteiger partial charge in [0.1, 0.15) is 18.1 Å². The third-order valence-electron chi connectivity index (χ3n) is 3.58. The molecule has 0 aromatic rings. The van der Waals surface area contributed by atoms with Crippen LogP contribution in [0.5, 0.6) is 0 Å². The van der Waals surface area contributed by atoms with E-state index in [9.17, 15) is 24.0 Å². The molecule has 0 saturated carbocycles. The average Bonchev–Trinajstić information content (AvgIpc) is 2.56. The summed E-state index contributed by atoms with van der Waals surface area (Å²) in [6, 6.07) is -4.84. The summed E-state index contributed by atoms with van der Waals surface area (Å²) in [7, 11) is 0. The maximum Gasteiger partial charge on any atom is 0.325 e. The fraction of sp³-hybridized carbons (Fsp3) is 0.667. The molecule has 0 saturated heterocycles. The van der Waals surface area contributed by atoms with Crippen molar-refractivity contribution in [2.24, 2.45) is 11.7 Å². The fourth-order valence-corrected chi connectivity index (χ4v) is 2.05. The molecule has 154 valence electrons. The van der Waals surface area contributed by atoms with Gasteiger partial charge in [0, 0.05) is 5.75 Å². The van der Waals surface area contributed by atoms with Gasteiger partial charge in [-0.2, -0.15) is 12.6 Å². The molecule has 0 radical (unpaired) electrons. The lowest BCUT2D eigenvalue weighted by Gasteiger charge is -2.23. The largest absolute Gasteiger partial charge is 0.481 e. The van der Waals surface area contributed by atoms with Gasteiger partial charge >= 0.3 is 11.9 Å². The molecular weight excluding hydrogens is 380 g/mol. The van der Waals surface area contributed by atoms with Crippen molar-refractivity contribution in [3.63, 3.8) is 0 Å². The number of thiol groups is 1. The number of nitrogens with two attached hydrogens (primary N) is 1. The van der Waals surface area contributed by atoms with Crippen molar-refractivity contribution >= 4 is 42.3 Å². The Bertz CT molecular complexity index is 585. The predicted octanol–water partition coefficient (Wildman–Crippen LogP) is -2.07. The van der Waals surface area contributed by atoms with Gasteiger partial charge < -0.3 is 31.9 Å². The lowest BCUT2D eigenvalue weighted by molar-refractivity contribution is -0.143. The Hall–Kier alpha value is -2.34. The lowest BCUT2D eigenvalue weighted by atomic mass is 10.0. The minimum atomic E-state index is -1.53. The first-order valence-electron chi connectivity index (χ1n) is 8.12.